The third kappa shape index (κ3) is 1.16. The number of rotatable bonds is 1. The van der Waals surface area contributed by atoms with E-state index in [1.54, 1.807) is 27.7 Å². The average Bonchev–Trinajstić information content (AvgIpc) is 2.82. The zero-order valence-corrected chi connectivity index (χ0v) is 16.7. The Labute approximate surface area is 159 Å². The summed E-state index contributed by atoms with van der Waals surface area (Å²) in [5, 5.41) is 70.9. The second-order valence-corrected chi connectivity index (χ2v) is 10.9. The van der Waals surface area contributed by atoms with Crippen molar-refractivity contribution in [2.45, 2.75) is 100 Å². The number of aliphatic hydroxyl groups excluding tert-OH is 1. The van der Waals surface area contributed by atoms with Crippen LogP contribution >= 0.6 is 0 Å². The first-order valence-electron chi connectivity index (χ1n) is 10.1. The Morgan fingerprint density at radius 1 is 0.963 bits per heavy atom. The molecule has 6 fully saturated rings. The molecule has 6 N–H and O–H groups in total. The molecule has 6 aliphatic rings. The van der Waals surface area contributed by atoms with Crippen LogP contribution in [-0.4, -0.2) is 70.5 Å². The zero-order valence-electron chi connectivity index (χ0n) is 16.7. The van der Waals surface area contributed by atoms with E-state index in [-0.39, 0.29) is 25.2 Å². The van der Waals surface area contributed by atoms with Gasteiger partial charge in [0.2, 0.25) is 0 Å². The molecule has 0 unspecified atom stereocenters. The van der Waals surface area contributed by atoms with Crippen molar-refractivity contribution < 1.29 is 35.4 Å². The summed E-state index contributed by atoms with van der Waals surface area (Å²) >= 11 is 0. The zero-order chi connectivity index (χ0) is 20.3. The molecule has 6 bridgehead atoms. The Morgan fingerprint density at radius 2 is 1.56 bits per heavy atom. The first-order valence-corrected chi connectivity index (χ1v) is 10.1. The first-order chi connectivity index (χ1) is 12.1. The van der Waals surface area contributed by atoms with Gasteiger partial charge in [-0.05, 0) is 31.6 Å². The highest BCUT2D eigenvalue weighted by atomic mass is 16.7. The quantitative estimate of drug-likeness (QED) is 0.364. The van der Waals surface area contributed by atoms with E-state index in [9.17, 15) is 30.6 Å². The summed E-state index contributed by atoms with van der Waals surface area (Å²) in [6.45, 7) is 8.55. The lowest BCUT2D eigenvalue weighted by molar-refractivity contribution is -0.390. The van der Waals surface area contributed by atoms with E-state index in [4.69, 9.17) is 4.74 Å². The molecule has 10 atom stereocenters. The predicted molar refractivity (Wildman–Crippen MR) is 93.3 cm³/mol. The highest BCUT2D eigenvalue weighted by Crippen LogP contribution is 2.90. The van der Waals surface area contributed by atoms with E-state index < -0.39 is 56.6 Å². The SMILES string of the molecule is CC(C)[C@@]1(O)C[C@@]2(O)[C@@]3(C)C[C@]4(O)O[C@@]5([C@@H](O)[C@@H](C)CC[C@]35O)[C@@]2(O)[C@@]41C. The van der Waals surface area contributed by atoms with E-state index >= 15 is 0 Å². The summed E-state index contributed by atoms with van der Waals surface area (Å²) in [5.74, 6) is -2.69. The van der Waals surface area contributed by atoms with E-state index in [1.165, 1.54) is 6.92 Å². The van der Waals surface area contributed by atoms with Gasteiger partial charge in [0.25, 0.3) is 0 Å². The van der Waals surface area contributed by atoms with Crippen LogP contribution in [0.5, 0.6) is 0 Å². The largest absolute Gasteiger partial charge is 0.390 e. The van der Waals surface area contributed by atoms with Crippen molar-refractivity contribution >= 4 is 0 Å². The van der Waals surface area contributed by atoms with Gasteiger partial charge in [-0.1, -0.05) is 27.7 Å². The van der Waals surface area contributed by atoms with Gasteiger partial charge < -0.3 is 35.4 Å². The number of hydrogen-bond donors (Lipinski definition) is 6. The Hall–Kier alpha value is -0.280. The van der Waals surface area contributed by atoms with Crippen LogP contribution in [0.15, 0.2) is 0 Å². The summed E-state index contributed by atoms with van der Waals surface area (Å²) in [6.07, 6.45) is -0.869. The maximum Gasteiger partial charge on any atom is 0.178 e. The van der Waals surface area contributed by atoms with Crippen molar-refractivity contribution in [3.8, 4) is 0 Å². The number of hydrogen-bond acceptors (Lipinski definition) is 7. The molecule has 1 spiro atoms. The molecule has 0 aromatic carbocycles. The molecule has 6 rings (SSSR count). The fourth-order valence-electron chi connectivity index (χ4n) is 8.64. The smallest absolute Gasteiger partial charge is 0.178 e. The number of aliphatic hydroxyl groups is 6. The van der Waals surface area contributed by atoms with Crippen LogP contribution in [-0.2, 0) is 4.74 Å². The lowest BCUT2D eigenvalue weighted by Crippen LogP contribution is -2.75. The van der Waals surface area contributed by atoms with Crippen molar-refractivity contribution in [3.63, 3.8) is 0 Å². The summed E-state index contributed by atoms with van der Waals surface area (Å²) in [5.41, 5.74) is -12.5. The van der Waals surface area contributed by atoms with Gasteiger partial charge in [0.05, 0.1) is 17.1 Å². The lowest BCUT2D eigenvalue weighted by atomic mass is 9.52. The molecule has 154 valence electrons. The summed E-state index contributed by atoms with van der Waals surface area (Å²) in [7, 11) is 0. The molecule has 7 nitrogen and oxygen atoms in total. The average molecular weight is 384 g/mol. The maximum atomic E-state index is 12.3. The van der Waals surface area contributed by atoms with Gasteiger partial charge in [0, 0.05) is 18.3 Å². The van der Waals surface area contributed by atoms with E-state index in [0.29, 0.717) is 6.42 Å². The van der Waals surface area contributed by atoms with Crippen molar-refractivity contribution in [1.29, 1.82) is 0 Å². The molecule has 0 radical (unpaired) electrons. The standard InChI is InChI=1S/C20H32O7/c1-10(2)15(22)9-17(24)13(4)8-18(25)14(15,5)20(17,26)19(27-18)12(21)11(3)6-7-16(13,19)23/h10-12,21-26H,6-9H2,1-5H3/t11-,12-,13-,14+,15-,16-,17+,18-,19+,20+/m0/s1. The topological polar surface area (TPSA) is 131 Å². The van der Waals surface area contributed by atoms with E-state index in [1.807, 2.05) is 0 Å². The minimum atomic E-state index is -2.21. The maximum absolute atomic E-state index is 12.3. The van der Waals surface area contributed by atoms with Gasteiger partial charge in [0.1, 0.15) is 16.8 Å². The van der Waals surface area contributed by atoms with Crippen LogP contribution in [0.4, 0.5) is 0 Å². The minimum absolute atomic E-state index is 0.121. The molecule has 2 aliphatic heterocycles. The second-order valence-electron chi connectivity index (χ2n) is 10.9. The minimum Gasteiger partial charge on any atom is -0.390 e. The first kappa shape index (κ1) is 18.7. The van der Waals surface area contributed by atoms with Crippen LogP contribution in [0.2, 0.25) is 0 Å². The Balaban J connectivity index is 1.94. The van der Waals surface area contributed by atoms with Gasteiger partial charge in [-0.2, -0.15) is 0 Å². The fraction of sp³-hybridized carbons (Fsp3) is 1.00. The molecule has 0 amide bonds. The van der Waals surface area contributed by atoms with E-state index in [2.05, 4.69) is 0 Å². The Bertz CT molecular complexity index is 759. The summed E-state index contributed by atoms with van der Waals surface area (Å²) in [6, 6.07) is 0. The van der Waals surface area contributed by atoms with Crippen LogP contribution in [0, 0.1) is 22.7 Å². The van der Waals surface area contributed by atoms with Gasteiger partial charge in [0.15, 0.2) is 11.4 Å². The molecular formula is C20H32O7. The van der Waals surface area contributed by atoms with Gasteiger partial charge in [-0.15, -0.1) is 0 Å². The van der Waals surface area contributed by atoms with Crippen molar-refractivity contribution in [1.82, 2.24) is 0 Å². The van der Waals surface area contributed by atoms with Crippen molar-refractivity contribution in [2.75, 3.05) is 0 Å². The molecule has 2 heterocycles. The third-order valence-corrected chi connectivity index (χ3v) is 10.3. The molecule has 7 heteroatoms. The monoisotopic (exact) mass is 384 g/mol. The van der Waals surface area contributed by atoms with E-state index in [0.717, 1.165) is 0 Å². The molecule has 27 heavy (non-hydrogen) atoms. The third-order valence-electron chi connectivity index (χ3n) is 10.3. The summed E-state index contributed by atoms with van der Waals surface area (Å²) in [4.78, 5) is 0. The summed E-state index contributed by atoms with van der Waals surface area (Å²) < 4.78 is 6.12. The Morgan fingerprint density at radius 3 is 2.11 bits per heavy atom. The van der Waals surface area contributed by atoms with Crippen LogP contribution in [0.1, 0.15) is 60.3 Å². The second kappa shape index (κ2) is 4.13. The molecule has 0 aromatic heterocycles. The highest BCUT2D eigenvalue weighted by Gasteiger charge is 3.07. The van der Waals surface area contributed by atoms with Gasteiger partial charge >= 0.3 is 0 Å². The van der Waals surface area contributed by atoms with Crippen LogP contribution in [0.25, 0.3) is 0 Å². The predicted octanol–water partition coefficient (Wildman–Crippen LogP) is -0.351. The molecule has 4 saturated carbocycles. The van der Waals surface area contributed by atoms with Gasteiger partial charge in [-0.3, -0.25) is 0 Å². The molecule has 4 aliphatic carbocycles. The molecular weight excluding hydrogens is 352 g/mol. The van der Waals surface area contributed by atoms with Crippen LogP contribution < -0.4 is 0 Å². The molecule has 0 aromatic rings. The number of ether oxygens (including phenoxy) is 1. The lowest BCUT2D eigenvalue weighted by Gasteiger charge is -2.60. The van der Waals surface area contributed by atoms with Crippen molar-refractivity contribution in [2.24, 2.45) is 22.7 Å². The normalized spacial score (nSPS) is 71.6. The Kier molecular flexibility index (Phi) is 2.86. The fourth-order valence-corrected chi connectivity index (χ4v) is 8.64. The van der Waals surface area contributed by atoms with Crippen LogP contribution in [0.3, 0.4) is 0 Å². The highest BCUT2D eigenvalue weighted by molar-refractivity contribution is 5.54. The molecule has 2 saturated heterocycles. The van der Waals surface area contributed by atoms with Gasteiger partial charge in [-0.25, -0.2) is 0 Å². The van der Waals surface area contributed by atoms with Crippen molar-refractivity contribution in [3.05, 3.63) is 0 Å².